The van der Waals surface area contributed by atoms with Crippen molar-refractivity contribution in [1.82, 2.24) is 10.2 Å². The van der Waals surface area contributed by atoms with Gasteiger partial charge in [0.15, 0.2) is 0 Å². The minimum absolute atomic E-state index is 0.0164. The number of anilines is 1. The number of halogens is 2. The minimum atomic E-state index is -4.19. The SMILES string of the molecule is COc1ccc(S(=O)(=O)N(CC(=O)N(Cc2ccc(Cl)cc2)[C@H](C)C(=O)NC2CCCC2)c2ccc(Cl)cc2)cc1. The fraction of sp³-hybridized carbons (Fsp3) is 0.333. The van der Waals surface area contributed by atoms with Gasteiger partial charge in [-0.05, 0) is 86.0 Å². The van der Waals surface area contributed by atoms with Crippen molar-refractivity contribution in [3.63, 3.8) is 0 Å². The molecule has 0 heterocycles. The van der Waals surface area contributed by atoms with Crippen LogP contribution in [0.15, 0.2) is 77.7 Å². The number of hydrogen-bond donors (Lipinski definition) is 1. The molecule has 2 amide bonds. The Morgan fingerprint density at radius 1 is 0.927 bits per heavy atom. The first kappa shape index (κ1) is 30.7. The average molecular weight is 619 g/mol. The van der Waals surface area contributed by atoms with E-state index in [1.807, 2.05) is 0 Å². The summed E-state index contributed by atoms with van der Waals surface area (Å²) in [6, 6.07) is 18.3. The fourth-order valence-electron chi connectivity index (χ4n) is 4.77. The number of sulfonamides is 1. The molecule has 0 aromatic heterocycles. The van der Waals surface area contributed by atoms with Crippen LogP contribution in [0.25, 0.3) is 0 Å². The van der Waals surface area contributed by atoms with Crippen LogP contribution in [0.1, 0.15) is 38.2 Å². The van der Waals surface area contributed by atoms with Crippen LogP contribution >= 0.6 is 23.2 Å². The van der Waals surface area contributed by atoms with E-state index in [0.29, 0.717) is 15.8 Å². The summed E-state index contributed by atoms with van der Waals surface area (Å²) in [7, 11) is -2.71. The molecule has 1 aliphatic carbocycles. The molecule has 0 saturated heterocycles. The van der Waals surface area contributed by atoms with Crippen LogP contribution < -0.4 is 14.4 Å². The van der Waals surface area contributed by atoms with Crippen molar-refractivity contribution in [1.29, 1.82) is 0 Å². The summed E-state index contributed by atoms with van der Waals surface area (Å²) in [5.41, 5.74) is 1.01. The summed E-state index contributed by atoms with van der Waals surface area (Å²) in [5, 5.41) is 4.01. The number of methoxy groups -OCH3 is 1. The zero-order valence-corrected chi connectivity index (χ0v) is 25.3. The Kier molecular flexibility index (Phi) is 10.2. The molecule has 1 N–H and O–H groups in total. The van der Waals surface area contributed by atoms with Crippen molar-refractivity contribution in [2.75, 3.05) is 18.0 Å². The number of carbonyl (C=O) groups excluding carboxylic acids is 2. The number of nitrogens with one attached hydrogen (secondary N) is 1. The molecule has 0 spiro atoms. The second-order valence-corrected chi connectivity index (χ2v) is 12.7. The Balaban J connectivity index is 1.67. The Hall–Kier alpha value is -3.27. The highest BCUT2D eigenvalue weighted by Crippen LogP contribution is 2.27. The van der Waals surface area contributed by atoms with E-state index in [0.717, 1.165) is 35.6 Å². The summed E-state index contributed by atoms with van der Waals surface area (Å²) in [6.07, 6.45) is 3.89. The first-order valence-corrected chi connectivity index (χ1v) is 15.5. The fourth-order valence-corrected chi connectivity index (χ4v) is 6.44. The van der Waals surface area contributed by atoms with Crippen molar-refractivity contribution in [3.8, 4) is 5.75 Å². The van der Waals surface area contributed by atoms with Gasteiger partial charge in [-0.1, -0.05) is 48.2 Å². The summed E-state index contributed by atoms with van der Waals surface area (Å²) in [4.78, 5) is 28.7. The van der Waals surface area contributed by atoms with Crippen LogP contribution in [0.3, 0.4) is 0 Å². The van der Waals surface area contributed by atoms with Gasteiger partial charge in [0, 0.05) is 22.6 Å². The number of nitrogens with zero attached hydrogens (tertiary/aromatic N) is 2. The third-order valence-corrected chi connectivity index (χ3v) is 9.47. The molecule has 3 aromatic rings. The second kappa shape index (κ2) is 13.6. The molecule has 0 aliphatic heterocycles. The van der Waals surface area contributed by atoms with Crippen LogP contribution in [0.5, 0.6) is 5.75 Å². The molecule has 1 saturated carbocycles. The highest BCUT2D eigenvalue weighted by Gasteiger charge is 2.33. The van der Waals surface area contributed by atoms with Gasteiger partial charge in [-0.3, -0.25) is 13.9 Å². The van der Waals surface area contributed by atoms with Crippen molar-refractivity contribution in [2.24, 2.45) is 0 Å². The molecule has 41 heavy (non-hydrogen) atoms. The molecular formula is C30H33Cl2N3O5S. The van der Waals surface area contributed by atoms with Gasteiger partial charge < -0.3 is 15.0 Å². The number of benzene rings is 3. The van der Waals surface area contributed by atoms with Crippen molar-refractivity contribution >= 4 is 50.7 Å². The first-order chi connectivity index (χ1) is 19.6. The maximum atomic E-state index is 14.0. The van der Waals surface area contributed by atoms with E-state index >= 15 is 0 Å². The number of ether oxygens (including phenoxy) is 1. The van der Waals surface area contributed by atoms with Crippen LogP contribution in [0, 0.1) is 0 Å². The zero-order chi connectivity index (χ0) is 29.6. The number of carbonyl (C=O) groups is 2. The molecule has 8 nitrogen and oxygen atoms in total. The van der Waals surface area contributed by atoms with E-state index in [1.54, 1.807) is 43.3 Å². The monoisotopic (exact) mass is 617 g/mol. The molecular weight excluding hydrogens is 585 g/mol. The molecule has 1 aliphatic rings. The molecule has 1 fully saturated rings. The van der Waals surface area contributed by atoms with Crippen LogP contribution in [0.4, 0.5) is 5.69 Å². The van der Waals surface area contributed by atoms with Crippen molar-refractivity contribution in [2.45, 2.75) is 56.1 Å². The summed E-state index contributed by atoms with van der Waals surface area (Å²) >= 11 is 12.1. The molecule has 0 radical (unpaired) electrons. The van der Waals surface area contributed by atoms with Gasteiger partial charge in [-0.15, -0.1) is 0 Å². The molecule has 0 unspecified atom stereocenters. The van der Waals surface area contributed by atoms with E-state index in [2.05, 4.69) is 5.32 Å². The Morgan fingerprint density at radius 2 is 1.49 bits per heavy atom. The van der Waals surface area contributed by atoms with Crippen LogP contribution in [0.2, 0.25) is 10.0 Å². The van der Waals surface area contributed by atoms with E-state index in [9.17, 15) is 18.0 Å². The molecule has 0 bridgehead atoms. The normalized spacial score (nSPS) is 14.3. The lowest BCUT2D eigenvalue weighted by Gasteiger charge is -2.32. The van der Waals surface area contributed by atoms with E-state index in [1.165, 1.54) is 48.4 Å². The number of hydrogen-bond acceptors (Lipinski definition) is 5. The van der Waals surface area contributed by atoms with Gasteiger partial charge in [0.1, 0.15) is 18.3 Å². The third-order valence-electron chi connectivity index (χ3n) is 7.18. The molecule has 4 rings (SSSR count). The Morgan fingerprint density at radius 3 is 2.05 bits per heavy atom. The second-order valence-electron chi connectivity index (χ2n) is 9.98. The summed E-state index contributed by atoms with van der Waals surface area (Å²) < 4.78 is 34.0. The largest absolute Gasteiger partial charge is 0.497 e. The van der Waals surface area contributed by atoms with E-state index < -0.39 is 28.5 Å². The third kappa shape index (κ3) is 7.72. The smallest absolute Gasteiger partial charge is 0.264 e. The lowest BCUT2D eigenvalue weighted by molar-refractivity contribution is -0.139. The van der Waals surface area contributed by atoms with Gasteiger partial charge in [-0.2, -0.15) is 0 Å². The molecule has 11 heteroatoms. The number of amides is 2. The average Bonchev–Trinajstić information content (AvgIpc) is 3.48. The van der Waals surface area contributed by atoms with Crippen LogP contribution in [-0.2, 0) is 26.2 Å². The van der Waals surface area contributed by atoms with Crippen molar-refractivity contribution in [3.05, 3.63) is 88.4 Å². The maximum absolute atomic E-state index is 14.0. The van der Waals surface area contributed by atoms with Gasteiger partial charge in [-0.25, -0.2) is 8.42 Å². The minimum Gasteiger partial charge on any atom is -0.497 e. The predicted molar refractivity (Wildman–Crippen MR) is 161 cm³/mol. The standard InChI is InChI=1S/C30H33Cl2N3O5S/c1-21(30(37)33-25-5-3-4-6-25)34(19-22-7-9-23(31)10-8-22)29(36)20-35(26-13-11-24(32)12-14-26)41(38,39)28-17-15-27(40-2)16-18-28/h7-18,21,25H,3-6,19-20H2,1-2H3,(H,33,37)/t21-/m1/s1. The Labute approximate surface area is 251 Å². The first-order valence-electron chi connectivity index (χ1n) is 13.3. The molecule has 3 aromatic carbocycles. The highest BCUT2D eigenvalue weighted by atomic mass is 35.5. The van der Waals surface area contributed by atoms with E-state index in [-0.39, 0.29) is 29.1 Å². The zero-order valence-electron chi connectivity index (χ0n) is 22.9. The van der Waals surface area contributed by atoms with Crippen molar-refractivity contribution < 1.29 is 22.7 Å². The van der Waals surface area contributed by atoms with Gasteiger partial charge >= 0.3 is 0 Å². The van der Waals surface area contributed by atoms with Crippen LogP contribution in [-0.4, -0.2) is 50.9 Å². The lowest BCUT2D eigenvalue weighted by atomic mass is 10.1. The van der Waals surface area contributed by atoms with Gasteiger partial charge in [0.2, 0.25) is 11.8 Å². The maximum Gasteiger partial charge on any atom is 0.264 e. The Bertz CT molecular complexity index is 1440. The summed E-state index contributed by atoms with van der Waals surface area (Å²) in [6.45, 7) is 1.21. The predicted octanol–water partition coefficient (Wildman–Crippen LogP) is 5.67. The molecule has 218 valence electrons. The lowest BCUT2D eigenvalue weighted by Crippen LogP contribution is -2.52. The highest BCUT2D eigenvalue weighted by molar-refractivity contribution is 7.92. The topological polar surface area (TPSA) is 96.0 Å². The van der Waals surface area contributed by atoms with Gasteiger partial charge in [0.05, 0.1) is 17.7 Å². The number of rotatable bonds is 11. The summed E-state index contributed by atoms with van der Waals surface area (Å²) in [5.74, 6) is -0.328. The van der Waals surface area contributed by atoms with Gasteiger partial charge in [0.25, 0.3) is 10.0 Å². The molecule has 1 atom stereocenters. The van der Waals surface area contributed by atoms with E-state index in [4.69, 9.17) is 27.9 Å². The quantitative estimate of drug-likeness (QED) is 0.299.